The Hall–Kier alpha value is -1.79. The van der Waals surface area contributed by atoms with Crippen LogP contribution in [-0.2, 0) is 0 Å². The lowest BCUT2D eigenvalue weighted by molar-refractivity contribution is 0.892. The van der Waals surface area contributed by atoms with Crippen LogP contribution in [0.2, 0.25) is 5.02 Å². The number of fused-ring (bicyclic) bond motifs is 1. The molecule has 0 radical (unpaired) electrons. The molecule has 0 aliphatic rings. The average molecular weight is 307 g/mol. The summed E-state index contributed by atoms with van der Waals surface area (Å²) in [6.45, 7) is 1.88. The van der Waals surface area contributed by atoms with E-state index in [1.807, 2.05) is 25.3 Å². The van der Waals surface area contributed by atoms with Crippen LogP contribution in [0, 0.1) is 6.92 Å². The first-order chi connectivity index (χ1) is 9.63. The fourth-order valence-electron chi connectivity index (χ4n) is 2.05. The third-order valence-corrected chi connectivity index (χ3v) is 4.17. The molecule has 0 spiro atoms. The van der Waals surface area contributed by atoms with E-state index in [-0.39, 0.29) is 5.56 Å². The molecule has 3 rings (SSSR count). The molecule has 0 atom stereocenters. The van der Waals surface area contributed by atoms with Crippen LogP contribution in [0.15, 0.2) is 40.5 Å². The zero-order valence-corrected chi connectivity index (χ0v) is 12.4. The van der Waals surface area contributed by atoms with E-state index >= 15 is 0 Å². The summed E-state index contributed by atoms with van der Waals surface area (Å²) in [6, 6.07) is 5.47. The molecule has 5 nitrogen and oxygen atoms in total. The molecule has 0 aliphatic carbocycles. The number of thioether (sulfide) groups is 1. The number of hydrogen-bond donors (Lipinski definition) is 0. The first-order valence-electron chi connectivity index (χ1n) is 5.89. The minimum atomic E-state index is -0.217. The smallest absolute Gasteiger partial charge is 0.279 e. The lowest BCUT2D eigenvalue weighted by Gasteiger charge is -2.10. The SMILES string of the molecule is CSc1nnc2c(=O)n(-c3cccc(Cl)c3C)ccn12. The van der Waals surface area contributed by atoms with Crippen LogP contribution in [0.25, 0.3) is 11.3 Å². The van der Waals surface area contributed by atoms with E-state index in [0.717, 1.165) is 11.3 Å². The molecule has 0 bridgehead atoms. The molecule has 0 aliphatic heterocycles. The van der Waals surface area contributed by atoms with Crippen LogP contribution < -0.4 is 5.56 Å². The molecular weight excluding hydrogens is 296 g/mol. The summed E-state index contributed by atoms with van der Waals surface area (Å²) in [7, 11) is 0. The highest BCUT2D eigenvalue weighted by Crippen LogP contribution is 2.21. The van der Waals surface area contributed by atoms with Gasteiger partial charge in [-0.2, -0.15) is 0 Å². The van der Waals surface area contributed by atoms with E-state index in [4.69, 9.17) is 11.6 Å². The monoisotopic (exact) mass is 306 g/mol. The molecule has 0 fully saturated rings. The van der Waals surface area contributed by atoms with Gasteiger partial charge in [0.05, 0.1) is 5.69 Å². The molecule has 3 aromatic rings. The van der Waals surface area contributed by atoms with Gasteiger partial charge in [0.15, 0.2) is 5.16 Å². The van der Waals surface area contributed by atoms with Gasteiger partial charge in [-0.1, -0.05) is 29.4 Å². The average Bonchev–Trinajstić information content (AvgIpc) is 2.87. The molecule has 20 heavy (non-hydrogen) atoms. The van der Waals surface area contributed by atoms with E-state index in [9.17, 15) is 4.79 Å². The highest BCUT2D eigenvalue weighted by Gasteiger charge is 2.12. The maximum Gasteiger partial charge on any atom is 0.300 e. The normalized spacial score (nSPS) is 11.2. The molecule has 1 aromatic carbocycles. The van der Waals surface area contributed by atoms with Crippen LogP contribution in [0.1, 0.15) is 5.56 Å². The molecule has 2 aromatic heterocycles. The predicted octanol–water partition coefficient (Wildman–Crippen LogP) is 2.56. The van der Waals surface area contributed by atoms with Crippen molar-refractivity contribution in [3.8, 4) is 5.69 Å². The zero-order chi connectivity index (χ0) is 14.3. The number of aromatic nitrogens is 4. The highest BCUT2D eigenvalue weighted by atomic mass is 35.5. The minimum absolute atomic E-state index is 0.217. The van der Waals surface area contributed by atoms with Gasteiger partial charge in [-0.3, -0.25) is 13.8 Å². The maximum atomic E-state index is 12.5. The first-order valence-corrected chi connectivity index (χ1v) is 7.49. The van der Waals surface area contributed by atoms with Gasteiger partial charge in [0, 0.05) is 17.4 Å². The number of benzene rings is 1. The Morgan fingerprint density at radius 1 is 1.25 bits per heavy atom. The maximum absolute atomic E-state index is 12.5. The van der Waals surface area contributed by atoms with E-state index in [2.05, 4.69) is 10.2 Å². The molecule has 7 heteroatoms. The summed E-state index contributed by atoms with van der Waals surface area (Å²) >= 11 is 7.55. The van der Waals surface area contributed by atoms with Crippen molar-refractivity contribution in [1.82, 2.24) is 19.2 Å². The number of hydrogen-bond acceptors (Lipinski definition) is 4. The van der Waals surface area contributed by atoms with Gasteiger partial charge >= 0.3 is 5.56 Å². The predicted molar refractivity (Wildman–Crippen MR) is 80.1 cm³/mol. The largest absolute Gasteiger partial charge is 0.300 e. The van der Waals surface area contributed by atoms with Crippen molar-refractivity contribution in [2.24, 2.45) is 0 Å². The fraction of sp³-hybridized carbons (Fsp3) is 0.154. The van der Waals surface area contributed by atoms with Gasteiger partial charge in [-0.25, -0.2) is 0 Å². The fourth-order valence-corrected chi connectivity index (χ4v) is 2.69. The molecule has 2 heterocycles. The van der Waals surface area contributed by atoms with Crippen LogP contribution in [0.5, 0.6) is 0 Å². The third-order valence-electron chi connectivity index (χ3n) is 3.12. The van der Waals surface area contributed by atoms with Crippen molar-refractivity contribution in [1.29, 1.82) is 0 Å². The Morgan fingerprint density at radius 2 is 2.05 bits per heavy atom. The summed E-state index contributed by atoms with van der Waals surface area (Å²) in [5, 5.41) is 9.25. The summed E-state index contributed by atoms with van der Waals surface area (Å²) in [4.78, 5) is 12.5. The second-order valence-electron chi connectivity index (χ2n) is 4.24. The van der Waals surface area contributed by atoms with E-state index in [0.29, 0.717) is 15.8 Å². The molecule has 0 saturated heterocycles. The molecular formula is C13H11ClN4OS. The highest BCUT2D eigenvalue weighted by molar-refractivity contribution is 7.98. The lowest BCUT2D eigenvalue weighted by atomic mass is 10.2. The van der Waals surface area contributed by atoms with Gasteiger partial charge < -0.3 is 0 Å². The zero-order valence-electron chi connectivity index (χ0n) is 10.9. The second kappa shape index (κ2) is 4.96. The summed E-state index contributed by atoms with van der Waals surface area (Å²) < 4.78 is 3.22. The van der Waals surface area contributed by atoms with Gasteiger partial charge in [0.1, 0.15) is 0 Å². The Balaban J connectivity index is 2.30. The van der Waals surface area contributed by atoms with Crippen molar-refractivity contribution in [2.75, 3.05) is 6.26 Å². The Bertz CT molecular complexity index is 855. The summed E-state index contributed by atoms with van der Waals surface area (Å²) in [6.07, 6.45) is 5.38. The van der Waals surface area contributed by atoms with E-state index in [1.54, 1.807) is 22.9 Å². The van der Waals surface area contributed by atoms with Gasteiger partial charge in [0.2, 0.25) is 5.65 Å². The third kappa shape index (κ3) is 1.92. The summed E-state index contributed by atoms with van der Waals surface area (Å²) in [5.74, 6) is 0. The van der Waals surface area contributed by atoms with Crippen LogP contribution in [0.4, 0.5) is 0 Å². The van der Waals surface area contributed by atoms with Crippen molar-refractivity contribution < 1.29 is 0 Å². The second-order valence-corrected chi connectivity index (χ2v) is 5.42. The van der Waals surface area contributed by atoms with E-state index < -0.39 is 0 Å². The molecule has 0 amide bonds. The molecule has 0 saturated carbocycles. The van der Waals surface area contributed by atoms with Crippen molar-refractivity contribution in [2.45, 2.75) is 12.1 Å². The van der Waals surface area contributed by atoms with Crippen LogP contribution in [0.3, 0.4) is 0 Å². The van der Waals surface area contributed by atoms with E-state index in [1.165, 1.54) is 16.3 Å². The van der Waals surface area contributed by atoms with Gasteiger partial charge in [-0.15, -0.1) is 10.2 Å². The Kier molecular flexibility index (Phi) is 3.27. The van der Waals surface area contributed by atoms with Crippen LogP contribution >= 0.6 is 23.4 Å². The van der Waals surface area contributed by atoms with Crippen molar-refractivity contribution in [3.05, 3.63) is 51.5 Å². The number of rotatable bonds is 2. The Morgan fingerprint density at radius 3 is 2.80 bits per heavy atom. The standard InChI is InChI=1S/C13H11ClN4OS/c1-8-9(14)4-3-5-10(8)17-6-7-18-11(12(17)19)15-16-13(18)20-2/h3-7H,1-2H3. The van der Waals surface area contributed by atoms with Crippen molar-refractivity contribution >= 4 is 29.0 Å². The van der Waals surface area contributed by atoms with Gasteiger partial charge in [-0.05, 0) is 30.9 Å². The summed E-state index contributed by atoms with van der Waals surface area (Å²) in [5.41, 5.74) is 1.69. The quantitative estimate of drug-likeness (QED) is 0.683. The molecule has 0 unspecified atom stereocenters. The number of halogens is 1. The van der Waals surface area contributed by atoms with Crippen molar-refractivity contribution in [3.63, 3.8) is 0 Å². The first kappa shape index (κ1) is 13.2. The van der Waals surface area contributed by atoms with Gasteiger partial charge in [0.25, 0.3) is 0 Å². The topological polar surface area (TPSA) is 52.2 Å². The lowest BCUT2D eigenvalue weighted by Crippen LogP contribution is -2.21. The molecule has 102 valence electrons. The molecule has 0 N–H and O–H groups in total. The van der Waals surface area contributed by atoms with Crippen LogP contribution in [-0.4, -0.2) is 25.4 Å². The minimum Gasteiger partial charge on any atom is -0.279 e. The Labute approximate surface area is 124 Å². The number of nitrogens with zero attached hydrogens (tertiary/aromatic N) is 4.